The van der Waals surface area contributed by atoms with Crippen LogP contribution >= 0.6 is 0 Å². The van der Waals surface area contributed by atoms with Crippen molar-refractivity contribution >= 4 is 15.9 Å². The molecular weight excluding hydrogens is 418 g/mol. The third-order valence-corrected chi connectivity index (χ3v) is 8.09. The molecule has 3 heterocycles. The molecule has 1 aromatic carbocycles. The highest BCUT2D eigenvalue weighted by Gasteiger charge is 2.34. The van der Waals surface area contributed by atoms with Gasteiger partial charge in [-0.1, -0.05) is 25.1 Å². The van der Waals surface area contributed by atoms with Gasteiger partial charge in [-0.05, 0) is 37.8 Å². The number of amides is 1. The van der Waals surface area contributed by atoms with Crippen LogP contribution in [0, 0.1) is 6.92 Å². The summed E-state index contributed by atoms with van der Waals surface area (Å²) in [4.78, 5) is 19.4. The molecule has 4 rings (SSSR count). The van der Waals surface area contributed by atoms with Crippen LogP contribution in [0.3, 0.4) is 0 Å². The van der Waals surface area contributed by atoms with Crippen LogP contribution in [0.1, 0.15) is 53.4 Å². The number of benzene rings is 1. The normalized spacial score (nSPS) is 19.0. The molecule has 0 unspecified atom stereocenters. The van der Waals surface area contributed by atoms with Crippen LogP contribution in [-0.4, -0.2) is 67.9 Å². The molecule has 0 aliphatic carbocycles. The Balaban J connectivity index is 1.45. The number of ether oxygens (including phenoxy) is 1. The summed E-state index contributed by atoms with van der Waals surface area (Å²) in [5.74, 6) is 0.906. The van der Waals surface area contributed by atoms with Gasteiger partial charge in [0.25, 0.3) is 5.91 Å². The Bertz CT molecular complexity index is 1040. The maximum Gasteiger partial charge on any atom is 0.276 e. The van der Waals surface area contributed by atoms with Gasteiger partial charge >= 0.3 is 0 Å². The first kappa shape index (κ1) is 22.0. The molecule has 0 N–H and O–H groups in total. The molecule has 2 saturated heterocycles. The zero-order chi connectivity index (χ0) is 22.0. The fraction of sp³-hybridized carbons (Fsp3) is 0.545. The Morgan fingerprint density at radius 1 is 1.13 bits per heavy atom. The lowest BCUT2D eigenvalue weighted by molar-refractivity contribution is 0.0298. The second-order valence-corrected chi connectivity index (χ2v) is 9.91. The van der Waals surface area contributed by atoms with Crippen LogP contribution in [0.2, 0.25) is 0 Å². The third kappa shape index (κ3) is 4.40. The quantitative estimate of drug-likeness (QED) is 0.700. The van der Waals surface area contributed by atoms with Crippen molar-refractivity contribution in [3.8, 4) is 0 Å². The molecule has 2 fully saturated rings. The summed E-state index contributed by atoms with van der Waals surface area (Å²) in [5, 5.41) is 0. The van der Waals surface area contributed by atoms with E-state index in [9.17, 15) is 13.2 Å². The van der Waals surface area contributed by atoms with E-state index in [0.29, 0.717) is 80.9 Å². The molecule has 1 amide bonds. The lowest BCUT2D eigenvalue weighted by Crippen LogP contribution is -2.41. The van der Waals surface area contributed by atoms with Gasteiger partial charge < -0.3 is 14.1 Å². The van der Waals surface area contributed by atoms with Gasteiger partial charge in [0.1, 0.15) is 5.76 Å². The minimum atomic E-state index is -3.53. The second kappa shape index (κ2) is 9.10. The summed E-state index contributed by atoms with van der Waals surface area (Å²) in [6.45, 7) is 6.68. The molecule has 8 nitrogen and oxygen atoms in total. The molecule has 9 heteroatoms. The van der Waals surface area contributed by atoms with Crippen LogP contribution < -0.4 is 0 Å². The van der Waals surface area contributed by atoms with E-state index in [1.807, 2.05) is 19.1 Å². The number of carbonyl (C=O) groups is 1. The van der Waals surface area contributed by atoms with E-state index in [-0.39, 0.29) is 11.8 Å². The lowest BCUT2D eigenvalue weighted by atomic mass is 9.98. The maximum atomic E-state index is 13.2. The van der Waals surface area contributed by atoms with Gasteiger partial charge in [0.05, 0.1) is 18.1 Å². The molecule has 2 aliphatic heterocycles. The van der Waals surface area contributed by atoms with E-state index in [4.69, 9.17) is 9.15 Å². The smallest absolute Gasteiger partial charge is 0.276 e. The van der Waals surface area contributed by atoms with Crippen LogP contribution in [-0.2, 0) is 21.2 Å². The Morgan fingerprint density at radius 3 is 2.48 bits per heavy atom. The van der Waals surface area contributed by atoms with Gasteiger partial charge in [-0.3, -0.25) is 4.79 Å². The van der Waals surface area contributed by atoms with Crippen LogP contribution in [0.5, 0.6) is 0 Å². The first-order valence-electron chi connectivity index (χ1n) is 10.8. The highest BCUT2D eigenvalue weighted by Crippen LogP contribution is 2.32. The average molecular weight is 448 g/mol. The number of nitrogens with zero attached hydrogens (tertiary/aromatic N) is 3. The predicted octanol–water partition coefficient (Wildman–Crippen LogP) is 2.59. The standard InChI is InChI=1S/C22H29N3O5S/c1-3-17-6-4-5-7-19(17)31(27,28)25-10-8-18(9-11-25)21-23-20(16(2)30-21)22(26)24-12-14-29-15-13-24/h4-7,18H,3,8-15H2,1-2H3. The highest BCUT2D eigenvalue weighted by atomic mass is 32.2. The molecule has 0 radical (unpaired) electrons. The van der Waals surface area contributed by atoms with Gasteiger partial charge in [-0.25, -0.2) is 13.4 Å². The number of rotatable bonds is 5. The summed E-state index contributed by atoms with van der Waals surface area (Å²) < 4.78 is 39.0. The number of carbonyl (C=O) groups excluding carboxylic acids is 1. The van der Waals surface area contributed by atoms with Gasteiger partial charge in [0, 0.05) is 32.1 Å². The Morgan fingerprint density at radius 2 is 1.81 bits per heavy atom. The molecule has 2 aromatic rings. The van der Waals surface area contributed by atoms with E-state index < -0.39 is 10.0 Å². The zero-order valence-electron chi connectivity index (χ0n) is 18.0. The largest absolute Gasteiger partial charge is 0.445 e. The predicted molar refractivity (Wildman–Crippen MR) is 115 cm³/mol. The molecule has 0 bridgehead atoms. The zero-order valence-corrected chi connectivity index (χ0v) is 18.9. The molecule has 168 valence electrons. The summed E-state index contributed by atoms with van der Waals surface area (Å²) >= 11 is 0. The lowest BCUT2D eigenvalue weighted by Gasteiger charge is -2.30. The van der Waals surface area contributed by atoms with Crippen molar-refractivity contribution < 1.29 is 22.4 Å². The molecule has 0 saturated carbocycles. The first-order chi connectivity index (χ1) is 14.9. The first-order valence-corrected chi connectivity index (χ1v) is 12.3. The molecule has 31 heavy (non-hydrogen) atoms. The summed E-state index contributed by atoms with van der Waals surface area (Å²) in [5.41, 5.74) is 1.18. The van der Waals surface area contributed by atoms with Gasteiger partial charge in [0.15, 0.2) is 11.6 Å². The number of piperidine rings is 1. The summed E-state index contributed by atoms with van der Waals surface area (Å²) in [6, 6.07) is 7.18. The van der Waals surface area contributed by atoms with Crippen LogP contribution in [0.4, 0.5) is 0 Å². The number of morpholine rings is 1. The third-order valence-electron chi connectivity index (χ3n) is 6.09. The molecular formula is C22H29N3O5S. The second-order valence-electron chi connectivity index (χ2n) is 8.00. The minimum absolute atomic E-state index is 0.00203. The van der Waals surface area contributed by atoms with Crippen molar-refractivity contribution in [2.24, 2.45) is 0 Å². The SMILES string of the molecule is CCc1ccccc1S(=O)(=O)N1CCC(c2nc(C(=O)N3CCOCC3)c(C)o2)CC1. The number of hydrogen-bond donors (Lipinski definition) is 0. The Kier molecular flexibility index (Phi) is 6.45. The molecule has 0 atom stereocenters. The van der Waals surface area contributed by atoms with Crippen molar-refractivity contribution in [1.29, 1.82) is 0 Å². The summed E-state index contributed by atoms with van der Waals surface area (Å²) in [7, 11) is -3.53. The van der Waals surface area contributed by atoms with Crippen molar-refractivity contribution in [3.05, 3.63) is 47.2 Å². The van der Waals surface area contributed by atoms with E-state index in [1.54, 1.807) is 28.3 Å². The van der Waals surface area contributed by atoms with Crippen molar-refractivity contribution in [2.45, 2.75) is 43.9 Å². The van der Waals surface area contributed by atoms with Crippen molar-refractivity contribution in [1.82, 2.24) is 14.2 Å². The molecule has 2 aliphatic rings. The number of aryl methyl sites for hydroxylation is 2. The van der Waals surface area contributed by atoms with Gasteiger partial charge in [0.2, 0.25) is 10.0 Å². The van der Waals surface area contributed by atoms with E-state index in [1.165, 1.54) is 0 Å². The van der Waals surface area contributed by atoms with Crippen molar-refractivity contribution in [3.63, 3.8) is 0 Å². The van der Waals surface area contributed by atoms with Crippen LogP contribution in [0.15, 0.2) is 33.6 Å². The Labute approximate surface area is 183 Å². The monoisotopic (exact) mass is 447 g/mol. The highest BCUT2D eigenvalue weighted by molar-refractivity contribution is 7.89. The van der Waals surface area contributed by atoms with Crippen LogP contribution in [0.25, 0.3) is 0 Å². The molecule has 0 spiro atoms. The number of oxazole rings is 1. The summed E-state index contributed by atoms with van der Waals surface area (Å²) in [6.07, 6.45) is 1.89. The van der Waals surface area contributed by atoms with Gasteiger partial charge in [-0.2, -0.15) is 4.31 Å². The Hall–Kier alpha value is -2.23. The van der Waals surface area contributed by atoms with E-state index in [0.717, 1.165) is 5.56 Å². The van der Waals surface area contributed by atoms with Crippen molar-refractivity contribution in [2.75, 3.05) is 39.4 Å². The van der Waals surface area contributed by atoms with Gasteiger partial charge in [-0.15, -0.1) is 0 Å². The molecule has 1 aromatic heterocycles. The fourth-order valence-corrected chi connectivity index (χ4v) is 6.00. The number of sulfonamides is 1. The number of hydrogen-bond acceptors (Lipinski definition) is 6. The average Bonchev–Trinajstić information content (AvgIpc) is 3.20. The number of aromatic nitrogens is 1. The van der Waals surface area contributed by atoms with E-state index in [2.05, 4.69) is 4.98 Å². The maximum absolute atomic E-state index is 13.2. The minimum Gasteiger partial charge on any atom is -0.445 e. The topological polar surface area (TPSA) is 93.0 Å². The fourth-order valence-electron chi connectivity index (χ4n) is 4.24. The van der Waals surface area contributed by atoms with E-state index >= 15 is 0 Å².